The number of carbonyl (C=O) groups excluding carboxylic acids is 1. The van der Waals surface area contributed by atoms with E-state index in [1.54, 1.807) is 0 Å². The van der Waals surface area contributed by atoms with Crippen LogP contribution in [0.15, 0.2) is 48.7 Å². The van der Waals surface area contributed by atoms with Gasteiger partial charge in [0.15, 0.2) is 0 Å². The molecular weight excluding hydrogens is 296 g/mol. The summed E-state index contributed by atoms with van der Waals surface area (Å²) >= 11 is 0. The van der Waals surface area contributed by atoms with Crippen molar-refractivity contribution in [1.82, 2.24) is 10.3 Å². The fourth-order valence-electron chi connectivity index (χ4n) is 3.44. The minimum atomic E-state index is 0.0178. The van der Waals surface area contributed by atoms with Gasteiger partial charge < -0.3 is 10.3 Å². The first-order valence-corrected chi connectivity index (χ1v) is 8.51. The van der Waals surface area contributed by atoms with Crippen LogP contribution in [0.2, 0.25) is 0 Å². The third-order valence-electron chi connectivity index (χ3n) is 5.37. The van der Waals surface area contributed by atoms with Gasteiger partial charge in [-0.2, -0.15) is 0 Å². The normalized spacial score (nSPS) is 15.4. The van der Waals surface area contributed by atoms with Crippen LogP contribution in [0.1, 0.15) is 39.9 Å². The standard InChI is InChI=1S/C21H22N2O/c1-14-7-8-16(11-15(14)2)20(24)23-13-21(9-10-21)18-12-22-19-6-4-3-5-17(18)19/h3-8,11-12,22H,9-10,13H2,1-2H3,(H,23,24). The molecule has 24 heavy (non-hydrogen) atoms. The van der Waals surface area contributed by atoms with Crippen LogP contribution in [-0.2, 0) is 5.41 Å². The molecule has 0 radical (unpaired) electrons. The number of benzene rings is 2. The zero-order valence-corrected chi connectivity index (χ0v) is 14.1. The van der Waals surface area contributed by atoms with Gasteiger partial charge in [-0.25, -0.2) is 0 Å². The van der Waals surface area contributed by atoms with E-state index in [-0.39, 0.29) is 11.3 Å². The van der Waals surface area contributed by atoms with Gasteiger partial charge in [-0.3, -0.25) is 4.79 Å². The third kappa shape index (κ3) is 2.50. The maximum atomic E-state index is 12.5. The number of hydrogen-bond donors (Lipinski definition) is 2. The Hall–Kier alpha value is -2.55. The Balaban J connectivity index is 1.53. The van der Waals surface area contributed by atoms with Crippen molar-refractivity contribution in [2.75, 3.05) is 6.54 Å². The second-order valence-corrected chi connectivity index (χ2v) is 7.01. The summed E-state index contributed by atoms with van der Waals surface area (Å²) in [4.78, 5) is 15.9. The van der Waals surface area contributed by atoms with Crippen LogP contribution in [0.25, 0.3) is 10.9 Å². The van der Waals surface area contributed by atoms with Gasteiger partial charge in [0.05, 0.1) is 0 Å². The average Bonchev–Trinajstić information content (AvgIpc) is 3.25. The maximum Gasteiger partial charge on any atom is 0.251 e. The van der Waals surface area contributed by atoms with Crippen LogP contribution in [0.4, 0.5) is 0 Å². The average molecular weight is 318 g/mol. The lowest BCUT2D eigenvalue weighted by Crippen LogP contribution is -2.32. The second-order valence-electron chi connectivity index (χ2n) is 7.01. The highest BCUT2D eigenvalue weighted by atomic mass is 16.1. The highest BCUT2D eigenvalue weighted by Crippen LogP contribution is 2.49. The molecule has 0 unspecified atom stereocenters. The summed E-state index contributed by atoms with van der Waals surface area (Å²) in [7, 11) is 0. The van der Waals surface area contributed by atoms with Gasteiger partial charge in [0.25, 0.3) is 5.91 Å². The molecular formula is C21H22N2O. The summed E-state index contributed by atoms with van der Waals surface area (Å²) in [6, 6.07) is 14.3. The molecule has 3 nitrogen and oxygen atoms in total. The van der Waals surface area contributed by atoms with Crippen molar-refractivity contribution < 1.29 is 4.79 Å². The number of nitrogens with one attached hydrogen (secondary N) is 2. The first kappa shape index (κ1) is 15.0. The van der Waals surface area contributed by atoms with Crippen molar-refractivity contribution in [3.8, 4) is 0 Å². The Morgan fingerprint density at radius 2 is 1.92 bits per heavy atom. The lowest BCUT2D eigenvalue weighted by molar-refractivity contribution is 0.0949. The van der Waals surface area contributed by atoms with Crippen molar-refractivity contribution in [2.45, 2.75) is 32.1 Å². The predicted octanol–water partition coefficient (Wildman–Crippen LogP) is 4.25. The van der Waals surface area contributed by atoms with Gasteiger partial charge >= 0.3 is 0 Å². The monoisotopic (exact) mass is 318 g/mol. The Morgan fingerprint density at radius 3 is 2.67 bits per heavy atom. The fourth-order valence-corrected chi connectivity index (χ4v) is 3.44. The number of hydrogen-bond acceptors (Lipinski definition) is 1. The Morgan fingerprint density at radius 1 is 1.12 bits per heavy atom. The molecule has 1 aliphatic carbocycles. The zero-order chi connectivity index (χ0) is 16.7. The largest absolute Gasteiger partial charge is 0.361 e. The molecule has 0 saturated heterocycles. The van der Waals surface area contributed by atoms with Crippen molar-refractivity contribution in [3.05, 3.63) is 70.9 Å². The molecule has 4 rings (SSSR count). The SMILES string of the molecule is Cc1ccc(C(=O)NCC2(c3c[nH]c4ccccc34)CC2)cc1C. The van der Waals surface area contributed by atoms with E-state index in [2.05, 4.69) is 41.6 Å². The van der Waals surface area contributed by atoms with E-state index < -0.39 is 0 Å². The van der Waals surface area contributed by atoms with Gasteiger partial charge in [-0.1, -0.05) is 24.3 Å². The van der Waals surface area contributed by atoms with Crippen molar-refractivity contribution in [3.63, 3.8) is 0 Å². The van der Waals surface area contributed by atoms with Crippen molar-refractivity contribution in [2.24, 2.45) is 0 Å². The van der Waals surface area contributed by atoms with Gasteiger partial charge in [-0.15, -0.1) is 0 Å². The second kappa shape index (κ2) is 5.52. The Bertz CT molecular complexity index is 918. The van der Waals surface area contributed by atoms with Crippen LogP contribution in [-0.4, -0.2) is 17.4 Å². The molecule has 0 bridgehead atoms. The van der Waals surface area contributed by atoms with E-state index >= 15 is 0 Å². The number of rotatable bonds is 4. The number of H-pyrrole nitrogens is 1. The van der Waals surface area contributed by atoms with Gasteiger partial charge in [-0.05, 0) is 61.6 Å². The molecule has 3 aromatic rings. The van der Waals surface area contributed by atoms with E-state index in [4.69, 9.17) is 0 Å². The van der Waals surface area contributed by atoms with E-state index in [9.17, 15) is 4.79 Å². The molecule has 2 N–H and O–H groups in total. The highest BCUT2D eigenvalue weighted by Gasteiger charge is 2.45. The molecule has 1 saturated carbocycles. The quantitative estimate of drug-likeness (QED) is 0.742. The number of aromatic nitrogens is 1. The summed E-state index contributed by atoms with van der Waals surface area (Å²) in [5, 5.41) is 4.42. The zero-order valence-electron chi connectivity index (χ0n) is 14.1. The van der Waals surface area contributed by atoms with Gasteiger partial charge in [0, 0.05) is 34.6 Å². The predicted molar refractivity (Wildman–Crippen MR) is 97.5 cm³/mol. The molecule has 1 heterocycles. The lowest BCUT2D eigenvalue weighted by atomic mass is 9.95. The molecule has 1 aliphatic rings. The first-order chi connectivity index (χ1) is 11.6. The molecule has 2 aromatic carbocycles. The van der Waals surface area contributed by atoms with E-state index in [1.165, 1.54) is 22.0 Å². The third-order valence-corrected chi connectivity index (χ3v) is 5.37. The van der Waals surface area contributed by atoms with E-state index in [0.29, 0.717) is 6.54 Å². The minimum absolute atomic E-state index is 0.0178. The topological polar surface area (TPSA) is 44.9 Å². The molecule has 3 heteroatoms. The molecule has 0 aliphatic heterocycles. The highest BCUT2D eigenvalue weighted by molar-refractivity contribution is 5.94. The number of para-hydroxylation sites is 1. The maximum absolute atomic E-state index is 12.5. The van der Waals surface area contributed by atoms with Gasteiger partial charge in [0.2, 0.25) is 0 Å². The summed E-state index contributed by atoms with van der Waals surface area (Å²) < 4.78 is 0. The lowest BCUT2D eigenvalue weighted by Gasteiger charge is -2.16. The van der Waals surface area contributed by atoms with Crippen LogP contribution in [0.3, 0.4) is 0 Å². The van der Waals surface area contributed by atoms with Crippen molar-refractivity contribution >= 4 is 16.8 Å². The van der Waals surface area contributed by atoms with E-state index in [1.807, 2.05) is 31.2 Å². The smallest absolute Gasteiger partial charge is 0.251 e. The Kier molecular flexibility index (Phi) is 3.45. The first-order valence-electron chi connectivity index (χ1n) is 8.51. The molecule has 1 fully saturated rings. The summed E-state index contributed by atoms with van der Waals surface area (Å²) in [5.41, 5.74) is 5.70. The van der Waals surface area contributed by atoms with Gasteiger partial charge in [0.1, 0.15) is 0 Å². The van der Waals surface area contributed by atoms with Crippen LogP contribution in [0, 0.1) is 13.8 Å². The molecule has 1 amide bonds. The number of fused-ring (bicyclic) bond motifs is 1. The summed E-state index contributed by atoms with van der Waals surface area (Å²) in [6.07, 6.45) is 4.37. The minimum Gasteiger partial charge on any atom is -0.361 e. The number of amides is 1. The summed E-state index contributed by atoms with van der Waals surface area (Å²) in [5.74, 6) is 0.0178. The van der Waals surface area contributed by atoms with Crippen LogP contribution < -0.4 is 5.32 Å². The van der Waals surface area contributed by atoms with Crippen LogP contribution >= 0.6 is 0 Å². The fraction of sp³-hybridized carbons (Fsp3) is 0.286. The Labute approximate surface area is 142 Å². The summed E-state index contributed by atoms with van der Waals surface area (Å²) in [6.45, 7) is 4.80. The number of aromatic amines is 1. The number of carbonyl (C=O) groups is 1. The molecule has 122 valence electrons. The number of aryl methyl sites for hydroxylation is 2. The van der Waals surface area contributed by atoms with Crippen LogP contribution in [0.5, 0.6) is 0 Å². The molecule has 0 spiro atoms. The molecule has 0 atom stereocenters. The van der Waals surface area contributed by atoms with Crippen molar-refractivity contribution in [1.29, 1.82) is 0 Å². The molecule has 1 aromatic heterocycles. The van der Waals surface area contributed by atoms with E-state index in [0.717, 1.165) is 24.0 Å².